The summed E-state index contributed by atoms with van der Waals surface area (Å²) in [5.41, 5.74) is 5.97. The molecule has 8 rings (SSSR count). The summed E-state index contributed by atoms with van der Waals surface area (Å²) in [7, 11) is -5.24. The van der Waals surface area contributed by atoms with Crippen molar-refractivity contribution in [2.45, 2.75) is 61.9 Å². The summed E-state index contributed by atoms with van der Waals surface area (Å²) in [6.07, 6.45) is -11.6. The van der Waals surface area contributed by atoms with Gasteiger partial charge in [0, 0.05) is 18.0 Å². The Morgan fingerprint density at radius 1 is 0.895 bits per heavy atom. The molecule has 3 fully saturated rings. The molecule has 3 aliphatic rings. The largest absolute Gasteiger partial charge is 0.472 e. The van der Waals surface area contributed by atoms with Crippen molar-refractivity contribution in [1.82, 2.24) is 29.1 Å². The first-order chi connectivity index (χ1) is 27.3. The SMILES string of the molecule is Cc1ccc(Oc2ccc(CSP3(=O)OC[C@H]4O[C@@H](n5cnc6c(N)ncnc65)[C@H](OP(=O)(O)OC[C@H]5O[C@@H](n6ccc(=O)[nH]c6=O)[C@H](O3)[C@@H]5F)[C@@H]4F)cc2)cc1. The van der Waals surface area contributed by atoms with E-state index in [0.717, 1.165) is 28.7 Å². The highest BCUT2D eigenvalue weighted by Crippen LogP contribution is 2.65. The maximum atomic E-state index is 16.4. The second-order valence-electron chi connectivity index (χ2n) is 13.1. The van der Waals surface area contributed by atoms with Gasteiger partial charge in [-0.2, -0.15) is 0 Å². The Morgan fingerprint density at radius 3 is 2.21 bits per heavy atom. The summed E-state index contributed by atoms with van der Waals surface area (Å²) in [5, 5.41) is 0. The first kappa shape index (κ1) is 39.5. The fourth-order valence-corrected chi connectivity index (χ4v) is 10.6. The standard InChI is InChI=1S/C33H33F2N7O12P2S/c1-17-2-6-19(7-3-17)50-20-8-4-18(5-9-20)14-57-56(47)49-13-22-24(34)27(32(52-22)42-16-39-26-29(36)37-15-38-30(26)42)53-55(45,46)48-12-21-25(35)28(54-56)31(51-21)41-11-10-23(43)40-33(41)44/h2-11,15-16,21-22,24-25,27-28,31-32H,12-14H2,1H3,(H,45,46)(H2,36,37,38)(H,40,43,44)/t21-,22-,24-,25-,27-,28-,31-,32-,56?/m1/s1. The van der Waals surface area contributed by atoms with Crippen LogP contribution in [0.25, 0.3) is 11.2 Å². The van der Waals surface area contributed by atoms with Crippen molar-refractivity contribution < 1.29 is 55.1 Å². The summed E-state index contributed by atoms with van der Waals surface area (Å²) < 4.78 is 102. The second-order valence-corrected chi connectivity index (χ2v) is 18.5. The minimum atomic E-state index is -5.24. The molecule has 2 aromatic carbocycles. The Morgan fingerprint density at radius 2 is 1.53 bits per heavy atom. The van der Waals surface area contributed by atoms with Crippen LogP contribution >= 0.6 is 26.0 Å². The van der Waals surface area contributed by atoms with E-state index in [-0.39, 0.29) is 22.7 Å². The molecule has 0 aliphatic carbocycles. The summed E-state index contributed by atoms with van der Waals surface area (Å²) in [6, 6.07) is 15.2. The number of nitrogens with two attached hydrogens (primary N) is 1. The van der Waals surface area contributed by atoms with Crippen LogP contribution in [0.1, 0.15) is 23.6 Å². The van der Waals surface area contributed by atoms with E-state index in [1.54, 1.807) is 24.3 Å². The Labute approximate surface area is 324 Å². The number of nitrogens with one attached hydrogen (secondary N) is 1. The molecule has 0 amide bonds. The highest BCUT2D eigenvalue weighted by molar-refractivity contribution is 8.54. The van der Waals surface area contributed by atoms with Gasteiger partial charge in [0.2, 0.25) is 0 Å². The van der Waals surface area contributed by atoms with E-state index in [1.807, 2.05) is 36.2 Å². The molecule has 57 heavy (non-hydrogen) atoms. The molecule has 5 aromatic rings. The normalized spacial score (nSPS) is 31.9. The zero-order valence-electron chi connectivity index (χ0n) is 29.5. The number of nitrogen functional groups attached to an aromatic ring is 1. The maximum Gasteiger partial charge on any atom is 0.472 e. The summed E-state index contributed by atoms with van der Waals surface area (Å²) in [5.74, 6) is 1.07. The number of fused-ring (bicyclic) bond motifs is 5. The fourth-order valence-electron chi connectivity index (χ4n) is 6.33. The van der Waals surface area contributed by atoms with Gasteiger partial charge in [0.1, 0.15) is 47.8 Å². The van der Waals surface area contributed by atoms with E-state index >= 15 is 8.78 Å². The molecule has 0 radical (unpaired) electrons. The quantitative estimate of drug-likeness (QED) is 0.191. The third kappa shape index (κ3) is 8.33. The number of hydrogen-bond acceptors (Lipinski definition) is 16. The Balaban J connectivity index is 1.11. The van der Waals surface area contributed by atoms with E-state index in [0.29, 0.717) is 28.4 Å². The fraction of sp³-hybridized carbons (Fsp3) is 0.364. The Bertz CT molecular complexity index is 2480. The van der Waals surface area contributed by atoms with Crippen molar-refractivity contribution in [3.05, 3.63) is 105 Å². The van der Waals surface area contributed by atoms with Crippen molar-refractivity contribution in [3.63, 3.8) is 0 Å². The predicted molar refractivity (Wildman–Crippen MR) is 197 cm³/mol. The summed E-state index contributed by atoms with van der Waals surface area (Å²) in [4.78, 5) is 49.6. The molecule has 302 valence electrons. The number of imidazole rings is 1. The van der Waals surface area contributed by atoms with Crippen molar-refractivity contribution in [2.75, 3.05) is 18.9 Å². The van der Waals surface area contributed by atoms with E-state index in [2.05, 4.69) is 15.0 Å². The number of phosphoric acid groups is 1. The molecule has 0 saturated carbocycles. The molecular formula is C33H33F2N7O12P2S. The molecule has 10 atom stereocenters. The first-order valence-corrected chi connectivity index (χ1v) is 21.8. The Kier molecular flexibility index (Phi) is 10.9. The smallest absolute Gasteiger partial charge is 0.457 e. The van der Waals surface area contributed by atoms with Gasteiger partial charge in [-0.15, -0.1) is 0 Å². The number of phosphoric ester groups is 1. The van der Waals surface area contributed by atoms with Crippen molar-refractivity contribution in [2.24, 2.45) is 0 Å². The van der Waals surface area contributed by atoms with Crippen LogP contribution in [0.4, 0.5) is 14.6 Å². The number of rotatable bonds is 7. The van der Waals surface area contributed by atoms with Gasteiger partial charge in [-0.1, -0.05) is 29.8 Å². The number of ether oxygens (including phenoxy) is 3. The van der Waals surface area contributed by atoms with Gasteiger partial charge in [-0.25, -0.2) is 37.7 Å². The van der Waals surface area contributed by atoms with Gasteiger partial charge in [0.05, 0.1) is 19.5 Å². The number of anilines is 1. The molecule has 4 bridgehead atoms. The third-order valence-electron chi connectivity index (χ3n) is 9.19. The molecule has 6 heterocycles. The third-order valence-corrected chi connectivity index (χ3v) is 13.8. The highest BCUT2D eigenvalue weighted by atomic mass is 32.7. The number of benzene rings is 2. The van der Waals surface area contributed by atoms with E-state index < -0.39 is 88.3 Å². The number of nitrogens with zero attached hydrogens (tertiary/aromatic N) is 5. The van der Waals surface area contributed by atoms with E-state index in [4.69, 9.17) is 38.0 Å². The van der Waals surface area contributed by atoms with Gasteiger partial charge in [-0.05, 0) is 48.1 Å². The van der Waals surface area contributed by atoms with E-state index in [1.165, 1.54) is 10.9 Å². The van der Waals surface area contributed by atoms with Crippen LogP contribution in [0, 0.1) is 6.92 Å². The monoisotopic (exact) mass is 851 g/mol. The molecule has 19 nitrogen and oxygen atoms in total. The van der Waals surface area contributed by atoms with Gasteiger partial charge >= 0.3 is 20.3 Å². The molecule has 4 N–H and O–H groups in total. The number of aromatic amines is 1. The van der Waals surface area contributed by atoms with Crippen LogP contribution < -0.4 is 21.7 Å². The molecule has 0 spiro atoms. The van der Waals surface area contributed by atoms with Gasteiger partial charge in [0.25, 0.3) is 5.56 Å². The lowest BCUT2D eigenvalue weighted by Gasteiger charge is -2.27. The summed E-state index contributed by atoms with van der Waals surface area (Å²) in [6.45, 7) is -4.47. The number of aromatic nitrogens is 6. The minimum absolute atomic E-state index is 0.0118. The molecular weight excluding hydrogens is 818 g/mol. The first-order valence-electron chi connectivity index (χ1n) is 17.2. The van der Waals surface area contributed by atoms with Gasteiger partial charge < -0.3 is 24.8 Å². The topological polar surface area (TPSA) is 243 Å². The molecule has 3 aromatic heterocycles. The number of halogens is 2. The molecule has 3 saturated heterocycles. The predicted octanol–water partition coefficient (Wildman–Crippen LogP) is 4.49. The van der Waals surface area contributed by atoms with Crippen LogP contribution in [0.5, 0.6) is 11.5 Å². The Hall–Kier alpha value is -4.34. The average molecular weight is 852 g/mol. The molecule has 3 aliphatic heterocycles. The zero-order valence-corrected chi connectivity index (χ0v) is 32.1. The van der Waals surface area contributed by atoms with Crippen LogP contribution in [0.3, 0.4) is 0 Å². The second kappa shape index (κ2) is 15.8. The van der Waals surface area contributed by atoms with Crippen LogP contribution in [0.15, 0.2) is 83.0 Å². The van der Waals surface area contributed by atoms with Crippen molar-refractivity contribution in [3.8, 4) is 11.5 Å². The lowest BCUT2D eigenvalue weighted by atomic mass is 10.1. The number of H-pyrrole nitrogens is 1. The highest BCUT2D eigenvalue weighted by Gasteiger charge is 2.55. The average Bonchev–Trinajstić information content (AvgIpc) is 3.84. The van der Waals surface area contributed by atoms with Crippen LogP contribution in [0.2, 0.25) is 0 Å². The van der Waals surface area contributed by atoms with Crippen molar-refractivity contribution in [1.29, 1.82) is 0 Å². The van der Waals surface area contributed by atoms with Crippen molar-refractivity contribution >= 4 is 43.0 Å². The minimum Gasteiger partial charge on any atom is -0.457 e. The maximum absolute atomic E-state index is 16.4. The van der Waals surface area contributed by atoms with E-state index in [9.17, 15) is 23.6 Å². The molecule has 2 unspecified atom stereocenters. The van der Waals surface area contributed by atoms with Crippen LogP contribution in [-0.2, 0) is 42.5 Å². The number of alkyl halides is 2. The zero-order chi connectivity index (χ0) is 40.1. The molecule has 24 heteroatoms. The van der Waals surface area contributed by atoms with Gasteiger partial charge in [-0.3, -0.25) is 37.0 Å². The number of hydrogen-bond donors (Lipinski definition) is 3. The number of aryl methyl sites for hydroxylation is 1. The van der Waals surface area contributed by atoms with Gasteiger partial charge in [0.15, 0.2) is 36.3 Å². The van der Waals surface area contributed by atoms with Crippen LogP contribution in [-0.4, -0.2) is 83.9 Å². The lowest BCUT2D eigenvalue weighted by molar-refractivity contribution is -0.0648. The lowest BCUT2D eigenvalue weighted by Crippen LogP contribution is -2.38. The summed E-state index contributed by atoms with van der Waals surface area (Å²) >= 11 is 0.629.